The van der Waals surface area contributed by atoms with Crippen molar-refractivity contribution in [3.8, 4) is 5.75 Å². The number of ether oxygens (including phenoxy) is 2. The van der Waals surface area contributed by atoms with E-state index in [0.29, 0.717) is 5.56 Å². The van der Waals surface area contributed by atoms with Crippen LogP contribution in [-0.4, -0.2) is 48.1 Å². The van der Waals surface area contributed by atoms with Crippen molar-refractivity contribution in [2.24, 2.45) is 0 Å². The second-order valence-corrected chi connectivity index (χ2v) is 9.81. The average Bonchev–Trinajstić information content (AvgIpc) is 3.27. The molecule has 33 heavy (non-hydrogen) atoms. The van der Waals surface area contributed by atoms with E-state index in [0.717, 1.165) is 28.9 Å². The molecule has 1 amide bonds. The first-order valence-corrected chi connectivity index (χ1v) is 11.3. The van der Waals surface area contributed by atoms with E-state index in [1.807, 2.05) is 43.3 Å². The van der Waals surface area contributed by atoms with Gasteiger partial charge in [0.1, 0.15) is 17.6 Å². The Labute approximate surface area is 194 Å². The van der Waals surface area contributed by atoms with Crippen LogP contribution in [0, 0.1) is 0 Å². The fourth-order valence-electron chi connectivity index (χ4n) is 4.54. The molecule has 0 aromatic heterocycles. The molecule has 6 heteroatoms. The molecular weight excluding hydrogens is 418 g/mol. The highest BCUT2D eigenvalue weighted by Gasteiger charge is 2.46. The molecule has 2 atom stereocenters. The van der Waals surface area contributed by atoms with Crippen LogP contribution >= 0.6 is 0 Å². The van der Waals surface area contributed by atoms with Gasteiger partial charge in [-0.05, 0) is 47.2 Å². The van der Waals surface area contributed by atoms with Gasteiger partial charge in [0, 0.05) is 25.6 Å². The number of amides is 1. The number of aliphatic hydroxyl groups is 1. The molecule has 4 rings (SSSR count). The first-order chi connectivity index (χ1) is 15.6. The van der Waals surface area contributed by atoms with Crippen molar-refractivity contribution in [2.75, 3.05) is 20.3 Å². The summed E-state index contributed by atoms with van der Waals surface area (Å²) in [5.41, 5.74) is 3.48. The second-order valence-electron chi connectivity index (χ2n) is 9.81. The van der Waals surface area contributed by atoms with Crippen LogP contribution in [0.5, 0.6) is 5.75 Å². The molecule has 2 aliphatic rings. The molecule has 2 aliphatic heterocycles. The fourth-order valence-corrected chi connectivity index (χ4v) is 4.54. The lowest BCUT2D eigenvalue weighted by molar-refractivity contribution is -0.140. The molecule has 0 radical (unpaired) electrons. The van der Waals surface area contributed by atoms with Gasteiger partial charge >= 0.3 is 0 Å². The van der Waals surface area contributed by atoms with Crippen molar-refractivity contribution in [2.45, 2.75) is 51.7 Å². The number of ketones is 1. The number of Topliss-reactive ketones (excluding diaryl/α,β-unsaturated/α-hetero) is 1. The van der Waals surface area contributed by atoms with Gasteiger partial charge < -0.3 is 19.5 Å². The van der Waals surface area contributed by atoms with Crippen LogP contribution in [0.1, 0.15) is 56.0 Å². The lowest BCUT2D eigenvalue weighted by Crippen LogP contribution is -2.32. The Balaban J connectivity index is 1.81. The fraction of sp³-hybridized carbons (Fsp3) is 0.407. The Morgan fingerprint density at radius 3 is 2.48 bits per heavy atom. The third-order valence-corrected chi connectivity index (χ3v) is 6.34. The van der Waals surface area contributed by atoms with Gasteiger partial charge in [0.2, 0.25) is 0 Å². The number of carbonyl (C=O) groups is 2. The third kappa shape index (κ3) is 4.27. The minimum Gasteiger partial charge on any atom is -0.507 e. The molecule has 1 fully saturated rings. The molecule has 6 nitrogen and oxygen atoms in total. The summed E-state index contributed by atoms with van der Waals surface area (Å²) in [5.74, 6) is -0.690. The molecule has 0 spiro atoms. The number of carbonyl (C=O) groups excluding carboxylic acids is 2. The minimum atomic E-state index is -0.683. The Hall–Kier alpha value is -3.12. The Morgan fingerprint density at radius 1 is 1.15 bits per heavy atom. The molecule has 0 saturated carbocycles. The quantitative estimate of drug-likeness (QED) is 0.417. The lowest BCUT2D eigenvalue weighted by atomic mass is 9.85. The number of methoxy groups -OCH3 is 1. The summed E-state index contributed by atoms with van der Waals surface area (Å²) in [6.07, 6.45) is 0.800. The predicted molar refractivity (Wildman–Crippen MR) is 126 cm³/mol. The topological polar surface area (TPSA) is 76.1 Å². The summed E-state index contributed by atoms with van der Waals surface area (Å²) in [7, 11) is 1.55. The van der Waals surface area contributed by atoms with Gasteiger partial charge in [-0.1, -0.05) is 45.0 Å². The summed E-state index contributed by atoms with van der Waals surface area (Å²) in [4.78, 5) is 27.6. The van der Waals surface area contributed by atoms with Gasteiger partial charge in [-0.25, -0.2) is 0 Å². The molecule has 174 valence electrons. The number of likely N-dealkylation sites (tertiary alicyclic amines) is 1. The van der Waals surface area contributed by atoms with Gasteiger partial charge in [0.25, 0.3) is 11.7 Å². The number of fused-ring (bicyclic) bond motifs is 1. The van der Waals surface area contributed by atoms with Crippen molar-refractivity contribution in [1.29, 1.82) is 0 Å². The Kier molecular flexibility index (Phi) is 6.06. The maximum absolute atomic E-state index is 13.1. The van der Waals surface area contributed by atoms with E-state index in [2.05, 4.69) is 20.8 Å². The standard InChI is InChI=1S/C27H31NO5/c1-16-14-19-15-18(8-11-21(19)33-16)24(29)22-23(28(12-13-32-5)26(31)25(22)30)17-6-9-20(10-7-17)27(2,3)4/h6-11,15-16,23,29H,12-14H2,1-5H3. The largest absolute Gasteiger partial charge is 0.507 e. The Morgan fingerprint density at radius 2 is 1.85 bits per heavy atom. The van der Waals surface area contributed by atoms with Crippen LogP contribution in [0.15, 0.2) is 48.0 Å². The molecule has 2 aromatic carbocycles. The van der Waals surface area contributed by atoms with Gasteiger partial charge in [0.15, 0.2) is 0 Å². The van der Waals surface area contributed by atoms with Crippen molar-refractivity contribution in [3.05, 3.63) is 70.3 Å². The normalized spacial score (nSPS) is 21.9. The van der Waals surface area contributed by atoms with Crippen LogP contribution in [0.2, 0.25) is 0 Å². The number of hydrogen-bond acceptors (Lipinski definition) is 5. The highest BCUT2D eigenvalue weighted by molar-refractivity contribution is 6.46. The minimum absolute atomic E-state index is 0.0278. The monoisotopic (exact) mass is 449 g/mol. The predicted octanol–water partition coefficient (Wildman–Crippen LogP) is 4.38. The molecule has 2 aromatic rings. The number of benzene rings is 2. The maximum Gasteiger partial charge on any atom is 0.295 e. The molecule has 2 unspecified atom stereocenters. The summed E-state index contributed by atoms with van der Waals surface area (Å²) < 4.78 is 10.9. The highest BCUT2D eigenvalue weighted by atomic mass is 16.5. The maximum atomic E-state index is 13.1. The van der Waals surface area contributed by atoms with E-state index in [1.54, 1.807) is 13.2 Å². The van der Waals surface area contributed by atoms with Gasteiger partial charge in [-0.15, -0.1) is 0 Å². The zero-order chi connectivity index (χ0) is 23.9. The molecule has 0 aliphatic carbocycles. The second kappa shape index (κ2) is 8.67. The van der Waals surface area contributed by atoms with E-state index >= 15 is 0 Å². The summed E-state index contributed by atoms with van der Waals surface area (Å²) in [5, 5.41) is 11.3. The number of rotatable bonds is 5. The molecule has 1 saturated heterocycles. The molecular formula is C27H31NO5. The van der Waals surface area contributed by atoms with Crippen molar-refractivity contribution < 1.29 is 24.2 Å². The zero-order valence-electron chi connectivity index (χ0n) is 19.8. The molecule has 0 bridgehead atoms. The number of aliphatic hydroxyl groups excluding tert-OH is 1. The van der Waals surface area contributed by atoms with E-state index in [4.69, 9.17) is 9.47 Å². The van der Waals surface area contributed by atoms with Crippen LogP contribution in [0.4, 0.5) is 0 Å². The van der Waals surface area contributed by atoms with Crippen LogP contribution < -0.4 is 4.74 Å². The SMILES string of the molecule is COCCN1C(=O)C(=O)C(=C(O)c2ccc3c(c2)CC(C)O3)C1c1ccc(C(C)(C)C)cc1. The van der Waals surface area contributed by atoms with Crippen molar-refractivity contribution in [1.82, 2.24) is 4.90 Å². The van der Waals surface area contributed by atoms with Crippen LogP contribution in [-0.2, 0) is 26.2 Å². The molecule has 1 N–H and O–H groups in total. The smallest absolute Gasteiger partial charge is 0.295 e. The summed E-state index contributed by atoms with van der Waals surface area (Å²) >= 11 is 0. The third-order valence-electron chi connectivity index (χ3n) is 6.34. The van der Waals surface area contributed by atoms with E-state index in [-0.39, 0.29) is 36.0 Å². The lowest BCUT2D eigenvalue weighted by Gasteiger charge is -2.26. The van der Waals surface area contributed by atoms with Crippen LogP contribution in [0.25, 0.3) is 5.76 Å². The van der Waals surface area contributed by atoms with E-state index < -0.39 is 17.7 Å². The van der Waals surface area contributed by atoms with E-state index in [1.165, 1.54) is 4.90 Å². The van der Waals surface area contributed by atoms with Crippen molar-refractivity contribution >= 4 is 17.4 Å². The van der Waals surface area contributed by atoms with Gasteiger partial charge in [-0.2, -0.15) is 0 Å². The average molecular weight is 450 g/mol. The summed E-state index contributed by atoms with van der Waals surface area (Å²) in [6, 6.07) is 12.6. The van der Waals surface area contributed by atoms with Crippen molar-refractivity contribution in [3.63, 3.8) is 0 Å². The Bertz CT molecular complexity index is 1110. The van der Waals surface area contributed by atoms with Gasteiger partial charge in [-0.3, -0.25) is 9.59 Å². The van der Waals surface area contributed by atoms with E-state index in [9.17, 15) is 14.7 Å². The number of hydrogen-bond donors (Lipinski definition) is 1. The highest BCUT2D eigenvalue weighted by Crippen LogP contribution is 2.41. The van der Waals surface area contributed by atoms with Crippen LogP contribution in [0.3, 0.4) is 0 Å². The van der Waals surface area contributed by atoms with Gasteiger partial charge in [0.05, 0.1) is 18.2 Å². The zero-order valence-corrected chi connectivity index (χ0v) is 19.8. The first kappa shape index (κ1) is 23.1. The molecule has 2 heterocycles. The number of nitrogens with zero attached hydrogens (tertiary/aromatic N) is 1. The summed E-state index contributed by atoms with van der Waals surface area (Å²) in [6.45, 7) is 8.92. The first-order valence-electron chi connectivity index (χ1n) is 11.3.